The van der Waals surface area contributed by atoms with Crippen LogP contribution in [0.15, 0.2) is 35.9 Å². The average molecular weight is 207 g/mol. The van der Waals surface area contributed by atoms with E-state index in [1.165, 1.54) is 12.1 Å². The van der Waals surface area contributed by atoms with Crippen molar-refractivity contribution < 1.29 is 19.7 Å². The summed E-state index contributed by atoms with van der Waals surface area (Å²) in [4.78, 5) is 11.4. The number of carbonyl (C=O) groups is 1. The molecular formula is C10H9NO4. The number of hydrogen-bond donors (Lipinski definition) is 3. The Morgan fingerprint density at radius 3 is 2.47 bits per heavy atom. The maximum atomic E-state index is 11.4. The summed E-state index contributed by atoms with van der Waals surface area (Å²) in [6, 6.07) is 6.23. The molecule has 1 heterocycles. The third-order valence-corrected chi connectivity index (χ3v) is 2.17. The van der Waals surface area contributed by atoms with Crippen molar-refractivity contribution in [2.24, 2.45) is 5.73 Å². The molecule has 1 aromatic carbocycles. The average Bonchev–Trinajstić information content (AvgIpc) is 2.47. The number of rotatable bonds is 1. The van der Waals surface area contributed by atoms with Crippen molar-refractivity contribution in [3.8, 4) is 5.75 Å². The van der Waals surface area contributed by atoms with E-state index < -0.39 is 17.6 Å². The summed E-state index contributed by atoms with van der Waals surface area (Å²) in [7, 11) is 0. The maximum Gasteiger partial charge on any atom is 0.247 e. The molecule has 0 radical (unpaired) electrons. The molecule has 5 nitrogen and oxygen atoms in total. The number of ketones is 1. The molecule has 0 spiro atoms. The highest BCUT2D eigenvalue weighted by Crippen LogP contribution is 2.34. The number of phenols is 1. The molecule has 0 saturated heterocycles. The molecule has 15 heavy (non-hydrogen) atoms. The topological polar surface area (TPSA) is 92.8 Å². The van der Waals surface area contributed by atoms with Gasteiger partial charge in [0.05, 0.1) is 0 Å². The van der Waals surface area contributed by atoms with Gasteiger partial charge in [0.15, 0.2) is 6.10 Å². The minimum Gasteiger partial charge on any atom is -0.508 e. The van der Waals surface area contributed by atoms with Gasteiger partial charge in [-0.3, -0.25) is 4.79 Å². The van der Waals surface area contributed by atoms with E-state index in [1.54, 1.807) is 12.1 Å². The largest absolute Gasteiger partial charge is 0.508 e. The smallest absolute Gasteiger partial charge is 0.247 e. The second kappa shape index (κ2) is 3.20. The van der Waals surface area contributed by atoms with Crippen LogP contribution in [0.25, 0.3) is 0 Å². The van der Waals surface area contributed by atoms with E-state index in [-0.39, 0.29) is 17.2 Å². The summed E-state index contributed by atoms with van der Waals surface area (Å²) >= 11 is 0. The first-order valence-electron chi connectivity index (χ1n) is 4.28. The van der Waals surface area contributed by atoms with Crippen LogP contribution in [0, 0.1) is 0 Å². The van der Waals surface area contributed by atoms with E-state index >= 15 is 0 Å². The molecule has 0 saturated carbocycles. The van der Waals surface area contributed by atoms with Crippen LogP contribution in [-0.2, 0) is 9.53 Å². The molecule has 1 unspecified atom stereocenters. The predicted molar refractivity (Wildman–Crippen MR) is 50.8 cm³/mol. The number of phenolic OH excluding ortho intramolecular Hbond substituents is 1. The van der Waals surface area contributed by atoms with Crippen LogP contribution in [0.2, 0.25) is 0 Å². The van der Waals surface area contributed by atoms with Crippen molar-refractivity contribution in [3.63, 3.8) is 0 Å². The Balaban J connectivity index is 2.37. The van der Waals surface area contributed by atoms with Gasteiger partial charge in [-0.1, -0.05) is 18.2 Å². The highest BCUT2D eigenvalue weighted by molar-refractivity contribution is 5.99. The normalized spacial score (nSPS) is 20.5. The summed E-state index contributed by atoms with van der Waals surface area (Å²) in [6.45, 7) is 0. The lowest BCUT2D eigenvalue weighted by Crippen LogP contribution is -2.09. The van der Waals surface area contributed by atoms with Crippen LogP contribution in [0.1, 0.15) is 11.7 Å². The number of benzene rings is 1. The zero-order chi connectivity index (χ0) is 11.0. The summed E-state index contributed by atoms with van der Waals surface area (Å²) in [6.07, 6.45) is -1.05. The fraction of sp³-hybridized carbons (Fsp3) is 0.100. The second-order valence-electron chi connectivity index (χ2n) is 3.13. The quantitative estimate of drug-likeness (QED) is 0.630. The Labute approximate surface area is 85.4 Å². The van der Waals surface area contributed by atoms with Crippen LogP contribution in [0.4, 0.5) is 0 Å². The monoisotopic (exact) mass is 207 g/mol. The molecule has 1 aliphatic rings. The molecule has 4 N–H and O–H groups in total. The minimum atomic E-state index is -1.05. The predicted octanol–water partition coefficient (Wildman–Crippen LogP) is 0.718. The molecule has 1 aromatic rings. The zero-order valence-corrected chi connectivity index (χ0v) is 7.68. The van der Waals surface area contributed by atoms with Gasteiger partial charge in [0.25, 0.3) is 0 Å². The summed E-state index contributed by atoms with van der Waals surface area (Å²) < 4.78 is 4.95. The number of carbonyl (C=O) groups excluding carboxylic acids is 1. The van der Waals surface area contributed by atoms with Crippen molar-refractivity contribution in [1.82, 2.24) is 0 Å². The molecule has 1 aliphatic heterocycles. The van der Waals surface area contributed by atoms with Crippen molar-refractivity contribution in [3.05, 3.63) is 41.5 Å². The molecule has 5 heteroatoms. The Bertz CT molecular complexity index is 452. The van der Waals surface area contributed by atoms with Crippen molar-refractivity contribution in [1.29, 1.82) is 0 Å². The van der Waals surface area contributed by atoms with E-state index in [1.807, 2.05) is 0 Å². The van der Waals surface area contributed by atoms with Crippen LogP contribution in [0.3, 0.4) is 0 Å². The van der Waals surface area contributed by atoms with Crippen LogP contribution in [0.5, 0.6) is 5.75 Å². The molecule has 0 fully saturated rings. The van der Waals surface area contributed by atoms with Gasteiger partial charge in [-0.05, 0) is 6.07 Å². The fourth-order valence-corrected chi connectivity index (χ4v) is 1.40. The Morgan fingerprint density at radius 1 is 1.27 bits per heavy atom. The first kappa shape index (κ1) is 9.39. The number of nitrogens with two attached hydrogens (primary N) is 1. The molecule has 0 amide bonds. The third-order valence-electron chi connectivity index (χ3n) is 2.17. The number of ether oxygens (including phenoxy) is 1. The molecule has 1 atom stereocenters. The van der Waals surface area contributed by atoms with E-state index in [2.05, 4.69) is 0 Å². The molecule has 0 aromatic heterocycles. The lowest BCUT2D eigenvalue weighted by atomic mass is 10.0. The Kier molecular flexibility index (Phi) is 2.00. The van der Waals surface area contributed by atoms with Crippen molar-refractivity contribution in [2.75, 3.05) is 0 Å². The fourth-order valence-electron chi connectivity index (χ4n) is 1.40. The highest BCUT2D eigenvalue weighted by Gasteiger charge is 2.36. The van der Waals surface area contributed by atoms with Gasteiger partial charge in [0.1, 0.15) is 5.75 Å². The standard InChI is InChI=1S/C10H9NO4/c11-10-8(14)7(13)9(15-10)5-3-1-2-4-6(5)12/h1-4,9,12,14H,11H2. The summed E-state index contributed by atoms with van der Waals surface area (Å²) in [5.74, 6) is -1.62. The number of hydrogen-bond acceptors (Lipinski definition) is 5. The van der Waals surface area contributed by atoms with Gasteiger partial charge in [-0.15, -0.1) is 0 Å². The second-order valence-corrected chi connectivity index (χ2v) is 3.13. The van der Waals surface area contributed by atoms with Crippen LogP contribution in [-0.4, -0.2) is 16.0 Å². The third kappa shape index (κ3) is 1.38. The van der Waals surface area contributed by atoms with Crippen LogP contribution < -0.4 is 5.73 Å². The lowest BCUT2D eigenvalue weighted by Gasteiger charge is -2.10. The number of aliphatic hydroxyl groups is 1. The summed E-state index contributed by atoms with van der Waals surface area (Å²) in [5.41, 5.74) is 5.54. The van der Waals surface area contributed by atoms with Gasteiger partial charge >= 0.3 is 0 Å². The van der Waals surface area contributed by atoms with Gasteiger partial charge in [-0.25, -0.2) is 0 Å². The number of Topliss-reactive ketones (excluding diaryl/α,β-unsaturated/α-hetero) is 1. The van der Waals surface area contributed by atoms with Gasteiger partial charge < -0.3 is 20.7 Å². The van der Waals surface area contributed by atoms with Gasteiger partial charge in [0, 0.05) is 5.56 Å². The maximum absolute atomic E-state index is 11.4. The molecule has 2 rings (SSSR count). The van der Waals surface area contributed by atoms with E-state index in [0.717, 1.165) is 0 Å². The van der Waals surface area contributed by atoms with Crippen LogP contribution >= 0.6 is 0 Å². The van der Waals surface area contributed by atoms with Gasteiger partial charge in [0.2, 0.25) is 17.4 Å². The van der Waals surface area contributed by atoms with Gasteiger partial charge in [-0.2, -0.15) is 0 Å². The molecule has 0 bridgehead atoms. The molecule has 78 valence electrons. The van der Waals surface area contributed by atoms with E-state index in [0.29, 0.717) is 0 Å². The lowest BCUT2D eigenvalue weighted by molar-refractivity contribution is -0.123. The number of para-hydroxylation sites is 1. The molecule has 0 aliphatic carbocycles. The SMILES string of the molecule is NC1=C(O)C(=O)C(c2ccccc2O)O1. The first-order chi connectivity index (χ1) is 7.11. The Morgan fingerprint density at radius 2 is 1.93 bits per heavy atom. The van der Waals surface area contributed by atoms with E-state index in [4.69, 9.17) is 10.5 Å². The minimum absolute atomic E-state index is 0.0710. The first-order valence-corrected chi connectivity index (χ1v) is 4.28. The van der Waals surface area contributed by atoms with E-state index in [9.17, 15) is 15.0 Å². The highest BCUT2D eigenvalue weighted by atomic mass is 16.5. The summed E-state index contributed by atoms with van der Waals surface area (Å²) in [5, 5.41) is 18.7. The van der Waals surface area contributed by atoms with Crippen molar-refractivity contribution in [2.45, 2.75) is 6.10 Å². The molecular weight excluding hydrogens is 198 g/mol. The number of aliphatic hydroxyl groups excluding tert-OH is 1. The van der Waals surface area contributed by atoms with Crippen molar-refractivity contribution >= 4 is 5.78 Å². The number of aromatic hydroxyl groups is 1. The zero-order valence-electron chi connectivity index (χ0n) is 7.68. The Hall–Kier alpha value is -2.17.